The first-order valence-electron chi connectivity index (χ1n) is 11.1. The molecule has 0 bridgehead atoms. The zero-order valence-corrected chi connectivity index (χ0v) is 16.9. The van der Waals surface area contributed by atoms with E-state index in [9.17, 15) is 0 Å². The number of aryl methyl sites for hydroxylation is 1. The smallest absolute Gasteiger partial charge is 0.0827 e. The predicted octanol–water partition coefficient (Wildman–Crippen LogP) is 6.48. The van der Waals surface area contributed by atoms with Crippen LogP contribution in [0.25, 0.3) is 0 Å². The Morgan fingerprint density at radius 2 is 1.58 bits per heavy atom. The quantitative estimate of drug-likeness (QED) is 0.529. The van der Waals surface area contributed by atoms with Gasteiger partial charge in [0, 0.05) is 6.61 Å². The van der Waals surface area contributed by atoms with Crippen molar-refractivity contribution < 1.29 is 9.47 Å². The van der Waals surface area contributed by atoms with Gasteiger partial charge in [0.1, 0.15) is 0 Å². The summed E-state index contributed by atoms with van der Waals surface area (Å²) in [6, 6.07) is 9.24. The van der Waals surface area contributed by atoms with E-state index in [0.717, 1.165) is 37.9 Å². The van der Waals surface area contributed by atoms with E-state index in [1.165, 1.54) is 62.5 Å². The minimum atomic E-state index is 0.259. The van der Waals surface area contributed by atoms with Crippen molar-refractivity contribution in [1.82, 2.24) is 0 Å². The molecule has 0 N–H and O–H groups in total. The molecule has 1 saturated heterocycles. The summed E-state index contributed by atoms with van der Waals surface area (Å²) in [5.41, 5.74) is 2.83. The first-order chi connectivity index (χ1) is 12.8. The number of ether oxygens (including phenoxy) is 2. The van der Waals surface area contributed by atoms with Crippen LogP contribution in [0.5, 0.6) is 0 Å². The van der Waals surface area contributed by atoms with Gasteiger partial charge in [-0.1, -0.05) is 69.7 Å². The predicted molar refractivity (Wildman–Crippen MR) is 108 cm³/mol. The average molecular weight is 359 g/mol. The summed E-state index contributed by atoms with van der Waals surface area (Å²) >= 11 is 0. The maximum Gasteiger partial charge on any atom is 0.0827 e. The fraction of sp³-hybridized carbons (Fsp3) is 0.750. The Morgan fingerprint density at radius 3 is 2.15 bits per heavy atom. The molecule has 1 aromatic rings. The molecule has 1 heterocycles. The fourth-order valence-corrected chi connectivity index (χ4v) is 4.84. The van der Waals surface area contributed by atoms with E-state index in [0.29, 0.717) is 6.10 Å². The molecular formula is C24H38O2. The highest BCUT2D eigenvalue weighted by Crippen LogP contribution is 2.34. The van der Waals surface area contributed by atoms with Crippen LogP contribution in [0.4, 0.5) is 0 Å². The van der Waals surface area contributed by atoms with Crippen LogP contribution >= 0.6 is 0 Å². The number of rotatable bonds is 8. The van der Waals surface area contributed by atoms with Gasteiger partial charge in [-0.3, -0.25) is 0 Å². The third-order valence-electron chi connectivity index (χ3n) is 6.49. The van der Waals surface area contributed by atoms with Crippen molar-refractivity contribution in [3.05, 3.63) is 35.4 Å². The van der Waals surface area contributed by atoms with Gasteiger partial charge in [-0.2, -0.15) is 0 Å². The summed E-state index contributed by atoms with van der Waals surface area (Å²) in [4.78, 5) is 0. The van der Waals surface area contributed by atoms with E-state index in [1.54, 1.807) is 0 Å². The summed E-state index contributed by atoms with van der Waals surface area (Å²) in [6.45, 7) is 5.90. The molecule has 2 nitrogen and oxygen atoms in total. The van der Waals surface area contributed by atoms with Crippen LogP contribution in [0, 0.1) is 11.8 Å². The molecule has 0 radical (unpaired) electrons. The first-order valence-corrected chi connectivity index (χ1v) is 11.1. The highest BCUT2D eigenvalue weighted by atomic mass is 16.5. The van der Waals surface area contributed by atoms with Gasteiger partial charge < -0.3 is 9.47 Å². The maximum absolute atomic E-state index is 6.03. The maximum atomic E-state index is 6.03. The largest absolute Gasteiger partial charge is 0.376 e. The van der Waals surface area contributed by atoms with Crippen molar-refractivity contribution in [2.24, 2.45) is 11.8 Å². The van der Waals surface area contributed by atoms with Gasteiger partial charge in [0.15, 0.2) is 0 Å². The summed E-state index contributed by atoms with van der Waals surface area (Å²) in [5.74, 6) is 1.98. The van der Waals surface area contributed by atoms with E-state index < -0.39 is 0 Å². The molecule has 1 aromatic carbocycles. The number of hydrogen-bond donors (Lipinski definition) is 0. The average Bonchev–Trinajstić information content (AvgIpc) is 2.69. The minimum absolute atomic E-state index is 0.259. The zero-order chi connectivity index (χ0) is 18.2. The molecule has 0 spiro atoms. The second-order valence-electron chi connectivity index (χ2n) is 8.43. The lowest BCUT2D eigenvalue weighted by molar-refractivity contribution is -0.0840. The molecule has 1 aliphatic heterocycles. The molecule has 26 heavy (non-hydrogen) atoms. The molecule has 2 unspecified atom stereocenters. The molecule has 0 aromatic heterocycles. The molecular weight excluding hydrogens is 320 g/mol. The Balaban J connectivity index is 1.40. The van der Waals surface area contributed by atoms with Crippen LogP contribution < -0.4 is 0 Å². The minimum Gasteiger partial charge on any atom is -0.376 e. The summed E-state index contributed by atoms with van der Waals surface area (Å²) in [6.07, 6.45) is 14.0. The Labute approximate surface area is 160 Å². The monoisotopic (exact) mass is 358 g/mol. The van der Waals surface area contributed by atoms with E-state index in [-0.39, 0.29) is 6.10 Å². The Bertz CT molecular complexity index is 493. The van der Waals surface area contributed by atoms with Gasteiger partial charge in [0.25, 0.3) is 0 Å². The van der Waals surface area contributed by atoms with E-state index >= 15 is 0 Å². The summed E-state index contributed by atoms with van der Waals surface area (Å²) in [7, 11) is 0. The molecule has 2 aliphatic rings. The molecule has 2 fully saturated rings. The van der Waals surface area contributed by atoms with Gasteiger partial charge in [-0.15, -0.1) is 0 Å². The van der Waals surface area contributed by atoms with Gasteiger partial charge in [-0.25, -0.2) is 0 Å². The van der Waals surface area contributed by atoms with Crippen LogP contribution in [0.15, 0.2) is 24.3 Å². The highest BCUT2D eigenvalue weighted by Gasteiger charge is 2.23. The van der Waals surface area contributed by atoms with Gasteiger partial charge in [0.2, 0.25) is 0 Å². The third-order valence-corrected chi connectivity index (χ3v) is 6.49. The molecule has 0 amide bonds. The lowest BCUT2D eigenvalue weighted by Crippen LogP contribution is -2.27. The molecule has 2 atom stereocenters. The van der Waals surface area contributed by atoms with E-state index in [2.05, 4.69) is 38.1 Å². The van der Waals surface area contributed by atoms with E-state index in [1.807, 2.05) is 0 Å². The zero-order valence-electron chi connectivity index (χ0n) is 16.9. The van der Waals surface area contributed by atoms with Crippen LogP contribution in [-0.4, -0.2) is 19.3 Å². The van der Waals surface area contributed by atoms with Gasteiger partial charge in [-0.05, 0) is 55.6 Å². The van der Waals surface area contributed by atoms with Crippen molar-refractivity contribution in [1.29, 1.82) is 0 Å². The van der Waals surface area contributed by atoms with Crippen LogP contribution in [0.2, 0.25) is 0 Å². The standard InChI is InChI=1S/C24H38O2/c1-3-5-19-6-8-20(9-7-19)10-11-21-12-14-22(15-13-21)24-17-16-23(18-26-24)25-4-2/h12-15,19-20,23-24H,3-11,16-18H2,1-2H3. The van der Waals surface area contributed by atoms with Crippen molar-refractivity contribution >= 4 is 0 Å². The molecule has 3 rings (SSSR count). The van der Waals surface area contributed by atoms with Crippen molar-refractivity contribution in [2.75, 3.05) is 13.2 Å². The summed E-state index contributed by atoms with van der Waals surface area (Å²) in [5, 5.41) is 0. The third kappa shape index (κ3) is 5.82. The Kier molecular flexibility index (Phi) is 8.01. The van der Waals surface area contributed by atoms with Gasteiger partial charge in [0.05, 0.1) is 18.8 Å². The van der Waals surface area contributed by atoms with Crippen LogP contribution in [-0.2, 0) is 15.9 Å². The molecule has 1 aliphatic carbocycles. The topological polar surface area (TPSA) is 18.5 Å². The Hall–Kier alpha value is -0.860. The fourth-order valence-electron chi connectivity index (χ4n) is 4.84. The van der Waals surface area contributed by atoms with Gasteiger partial charge >= 0.3 is 0 Å². The van der Waals surface area contributed by atoms with Crippen LogP contribution in [0.3, 0.4) is 0 Å². The summed E-state index contributed by atoms with van der Waals surface area (Å²) < 4.78 is 11.7. The lowest BCUT2D eigenvalue weighted by Gasteiger charge is -2.29. The second-order valence-corrected chi connectivity index (χ2v) is 8.43. The number of benzene rings is 1. The molecule has 2 heteroatoms. The van der Waals surface area contributed by atoms with Crippen molar-refractivity contribution in [3.63, 3.8) is 0 Å². The number of hydrogen-bond acceptors (Lipinski definition) is 2. The Morgan fingerprint density at radius 1 is 0.885 bits per heavy atom. The van der Waals surface area contributed by atoms with E-state index in [4.69, 9.17) is 9.47 Å². The molecule has 1 saturated carbocycles. The van der Waals surface area contributed by atoms with Crippen molar-refractivity contribution in [2.45, 2.75) is 90.3 Å². The van der Waals surface area contributed by atoms with Crippen LogP contribution in [0.1, 0.15) is 88.9 Å². The van der Waals surface area contributed by atoms with Crippen molar-refractivity contribution in [3.8, 4) is 0 Å². The molecule has 146 valence electrons. The highest BCUT2D eigenvalue weighted by molar-refractivity contribution is 5.24. The first kappa shape index (κ1) is 19.9. The normalized spacial score (nSPS) is 29.6. The lowest BCUT2D eigenvalue weighted by atomic mass is 9.78. The second kappa shape index (κ2) is 10.5. The SMILES string of the molecule is CCCC1CCC(CCc2ccc(C3CCC(OCC)CO3)cc2)CC1.